The summed E-state index contributed by atoms with van der Waals surface area (Å²) in [4.78, 5) is 3.71. The Labute approximate surface area is 98.7 Å². The van der Waals surface area contributed by atoms with Crippen LogP contribution in [0, 0.1) is 5.82 Å². The summed E-state index contributed by atoms with van der Waals surface area (Å²) in [5.41, 5.74) is 1.40. The molecule has 0 bridgehead atoms. The third-order valence-corrected chi connectivity index (χ3v) is 2.55. The number of halogens is 1. The highest BCUT2D eigenvalue weighted by Crippen LogP contribution is 2.17. The van der Waals surface area contributed by atoms with Crippen LogP contribution in [0.1, 0.15) is 24.2 Å². The molecule has 0 aliphatic rings. The van der Waals surface area contributed by atoms with Crippen molar-refractivity contribution in [3.05, 3.63) is 47.8 Å². The van der Waals surface area contributed by atoms with Gasteiger partial charge in [-0.2, -0.15) is 5.10 Å². The van der Waals surface area contributed by atoms with Crippen molar-refractivity contribution in [3.63, 3.8) is 0 Å². The van der Waals surface area contributed by atoms with E-state index >= 15 is 0 Å². The van der Waals surface area contributed by atoms with Gasteiger partial charge in [-0.15, -0.1) is 0 Å². The standard InChI is InChI=1S/C12H14FN3O/c1-2-16-8-9(5-15-16)3-12(17)10-4-11(13)7-14-6-10/h4-8,12,17H,2-3H2,1H3. The molecule has 0 amide bonds. The zero-order chi connectivity index (χ0) is 12.3. The molecule has 0 radical (unpaired) electrons. The summed E-state index contributed by atoms with van der Waals surface area (Å²) >= 11 is 0. The second-order valence-corrected chi connectivity index (χ2v) is 3.86. The smallest absolute Gasteiger partial charge is 0.141 e. The van der Waals surface area contributed by atoms with E-state index in [1.54, 1.807) is 10.9 Å². The lowest BCUT2D eigenvalue weighted by Gasteiger charge is -2.08. The molecule has 0 aliphatic carbocycles. The highest BCUT2D eigenvalue weighted by molar-refractivity contribution is 5.17. The Morgan fingerprint density at radius 1 is 1.41 bits per heavy atom. The predicted octanol–water partition coefficient (Wildman–Crippen LogP) is 1.71. The molecule has 1 unspecified atom stereocenters. The third-order valence-electron chi connectivity index (χ3n) is 2.55. The number of hydrogen-bond acceptors (Lipinski definition) is 3. The van der Waals surface area contributed by atoms with E-state index < -0.39 is 11.9 Å². The summed E-state index contributed by atoms with van der Waals surface area (Å²) in [6.45, 7) is 2.78. The van der Waals surface area contributed by atoms with Crippen LogP contribution >= 0.6 is 0 Å². The Morgan fingerprint density at radius 3 is 2.88 bits per heavy atom. The van der Waals surface area contributed by atoms with Gasteiger partial charge in [0.1, 0.15) is 5.82 Å². The molecule has 2 heterocycles. The van der Waals surface area contributed by atoms with Crippen LogP contribution in [-0.2, 0) is 13.0 Å². The Bertz CT molecular complexity index is 498. The number of pyridine rings is 1. The zero-order valence-corrected chi connectivity index (χ0v) is 9.55. The van der Waals surface area contributed by atoms with Crippen molar-refractivity contribution < 1.29 is 9.50 Å². The summed E-state index contributed by atoms with van der Waals surface area (Å²) < 4.78 is 14.7. The van der Waals surface area contributed by atoms with E-state index in [1.807, 2.05) is 13.1 Å². The molecule has 1 N–H and O–H groups in total. The zero-order valence-electron chi connectivity index (χ0n) is 9.55. The fraction of sp³-hybridized carbons (Fsp3) is 0.333. The minimum Gasteiger partial charge on any atom is -0.388 e. The first-order valence-corrected chi connectivity index (χ1v) is 5.49. The third kappa shape index (κ3) is 2.88. The summed E-state index contributed by atoms with van der Waals surface area (Å²) in [6, 6.07) is 1.29. The molecule has 0 spiro atoms. The lowest BCUT2D eigenvalue weighted by molar-refractivity contribution is 0.177. The first-order chi connectivity index (χ1) is 8.19. The lowest BCUT2D eigenvalue weighted by atomic mass is 10.1. The highest BCUT2D eigenvalue weighted by atomic mass is 19.1. The SMILES string of the molecule is CCn1cc(CC(O)c2cncc(F)c2)cn1. The van der Waals surface area contributed by atoms with Gasteiger partial charge >= 0.3 is 0 Å². The van der Waals surface area contributed by atoms with E-state index in [0.717, 1.165) is 18.3 Å². The van der Waals surface area contributed by atoms with Crippen molar-refractivity contribution in [2.45, 2.75) is 26.0 Å². The van der Waals surface area contributed by atoms with E-state index in [2.05, 4.69) is 10.1 Å². The minimum absolute atomic E-state index is 0.408. The normalized spacial score (nSPS) is 12.6. The van der Waals surface area contributed by atoms with Crippen LogP contribution in [-0.4, -0.2) is 19.9 Å². The summed E-state index contributed by atoms with van der Waals surface area (Å²) in [7, 11) is 0. The van der Waals surface area contributed by atoms with Crippen LogP contribution in [0.25, 0.3) is 0 Å². The van der Waals surface area contributed by atoms with Gasteiger partial charge in [-0.25, -0.2) is 4.39 Å². The van der Waals surface area contributed by atoms with E-state index in [-0.39, 0.29) is 0 Å². The van der Waals surface area contributed by atoms with Gasteiger partial charge in [-0.05, 0) is 18.6 Å². The monoisotopic (exact) mass is 235 g/mol. The Kier molecular flexibility index (Phi) is 3.49. The van der Waals surface area contributed by atoms with Gasteiger partial charge in [0.25, 0.3) is 0 Å². The second kappa shape index (κ2) is 5.05. The largest absolute Gasteiger partial charge is 0.388 e. The Morgan fingerprint density at radius 2 is 2.24 bits per heavy atom. The summed E-state index contributed by atoms with van der Waals surface area (Å²) in [5.74, 6) is -0.439. The van der Waals surface area contributed by atoms with Crippen LogP contribution in [0.2, 0.25) is 0 Å². The number of rotatable bonds is 4. The van der Waals surface area contributed by atoms with E-state index in [0.29, 0.717) is 12.0 Å². The van der Waals surface area contributed by atoms with Crippen LogP contribution in [0.3, 0.4) is 0 Å². The molecular weight excluding hydrogens is 221 g/mol. The summed E-state index contributed by atoms with van der Waals surface area (Å²) in [5, 5.41) is 14.1. The molecule has 1 atom stereocenters. The van der Waals surface area contributed by atoms with Crippen LogP contribution in [0.4, 0.5) is 4.39 Å². The molecule has 90 valence electrons. The second-order valence-electron chi connectivity index (χ2n) is 3.86. The van der Waals surface area contributed by atoms with Crippen molar-refractivity contribution in [1.29, 1.82) is 0 Å². The number of nitrogens with zero attached hydrogens (tertiary/aromatic N) is 3. The van der Waals surface area contributed by atoms with Crippen LogP contribution in [0.15, 0.2) is 30.9 Å². The first kappa shape index (κ1) is 11.7. The van der Waals surface area contributed by atoms with Gasteiger partial charge in [0.05, 0.1) is 18.5 Å². The Balaban J connectivity index is 2.08. The van der Waals surface area contributed by atoms with Crippen molar-refractivity contribution in [3.8, 4) is 0 Å². The van der Waals surface area contributed by atoms with E-state index in [1.165, 1.54) is 12.3 Å². The first-order valence-electron chi connectivity index (χ1n) is 5.49. The predicted molar refractivity (Wildman–Crippen MR) is 60.8 cm³/mol. The average molecular weight is 235 g/mol. The average Bonchev–Trinajstić information content (AvgIpc) is 2.77. The van der Waals surface area contributed by atoms with Crippen molar-refractivity contribution in [2.75, 3.05) is 0 Å². The molecule has 0 saturated heterocycles. The van der Waals surface area contributed by atoms with Crippen LogP contribution < -0.4 is 0 Å². The molecule has 0 aromatic carbocycles. The number of aliphatic hydroxyl groups is 1. The van der Waals surface area contributed by atoms with E-state index in [9.17, 15) is 9.50 Å². The number of aryl methyl sites for hydroxylation is 1. The Hall–Kier alpha value is -1.75. The van der Waals surface area contributed by atoms with Gasteiger partial charge in [0.15, 0.2) is 0 Å². The van der Waals surface area contributed by atoms with Crippen molar-refractivity contribution in [1.82, 2.24) is 14.8 Å². The molecule has 0 aliphatic heterocycles. The van der Waals surface area contributed by atoms with Gasteiger partial charge in [0.2, 0.25) is 0 Å². The van der Waals surface area contributed by atoms with Gasteiger partial charge in [-0.1, -0.05) is 0 Å². The number of hydrogen-bond donors (Lipinski definition) is 1. The maximum Gasteiger partial charge on any atom is 0.141 e. The molecule has 0 fully saturated rings. The fourth-order valence-corrected chi connectivity index (χ4v) is 1.64. The molecular formula is C12H14FN3O. The van der Waals surface area contributed by atoms with E-state index in [4.69, 9.17) is 0 Å². The molecule has 17 heavy (non-hydrogen) atoms. The maximum atomic E-state index is 12.9. The minimum atomic E-state index is -0.757. The van der Waals surface area contributed by atoms with Gasteiger partial charge in [0, 0.05) is 30.9 Å². The molecule has 2 rings (SSSR count). The van der Waals surface area contributed by atoms with Crippen molar-refractivity contribution >= 4 is 0 Å². The summed E-state index contributed by atoms with van der Waals surface area (Å²) in [6.07, 6.45) is 5.82. The van der Waals surface area contributed by atoms with Crippen molar-refractivity contribution in [2.24, 2.45) is 0 Å². The molecule has 5 heteroatoms. The quantitative estimate of drug-likeness (QED) is 0.877. The molecule has 0 saturated carbocycles. The lowest BCUT2D eigenvalue weighted by Crippen LogP contribution is -2.02. The number of aliphatic hydroxyl groups excluding tert-OH is 1. The highest BCUT2D eigenvalue weighted by Gasteiger charge is 2.11. The maximum absolute atomic E-state index is 12.9. The topological polar surface area (TPSA) is 50.9 Å². The van der Waals surface area contributed by atoms with Gasteiger partial charge < -0.3 is 5.11 Å². The van der Waals surface area contributed by atoms with Crippen LogP contribution in [0.5, 0.6) is 0 Å². The fourth-order valence-electron chi connectivity index (χ4n) is 1.64. The molecule has 2 aromatic heterocycles. The molecule has 4 nitrogen and oxygen atoms in total. The molecule has 2 aromatic rings. The number of aromatic nitrogens is 3. The van der Waals surface area contributed by atoms with Gasteiger partial charge in [-0.3, -0.25) is 9.67 Å².